The molecule has 0 radical (unpaired) electrons. The van der Waals surface area contributed by atoms with E-state index in [4.69, 9.17) is 14.2 Å². The van der Waals surface area contributed by atoms with Crippen molar-refractivity contribution in [3.05, 3.63) is 122 Å². The number of carbonyl (C=O) groups excluding carboxylic acids is 3. The van der Waals surface area contributed by atoms with E-state index in [2.05, 4.69) is 93.7 Å². The Balaban J connectivity index is 4.55. The molecular weight excluding hydrogens is 817 g/mol. The maximum atomic E-state index is 12.8. The molecule has 1 unspecified atom stereocenters. The minimum absolute atomic E-state index is 0.119. The highest BCUT2D eigenvalue weighted by molar-refractivity contribution is 5.71. The van der Waals surface area contributed by atoms with Gasteiger partial charge in [-0.05, 0) is 77.0 Å². The van der Waals surface area contributed by atoms with Crippen LogP contribution < -0.4 is 0 Å². The Kier molecular flexibility index (Phi) is 50.0. The van der Waals surface area contributed by atoms with E-state index in [-0.39, 0.29) is 37.5 Å². The van der Waals surface area contributed by atoms with E-state index in [1.165, 1.54) is 83.5 Å². The number of rotatable bonds is 46. The third-order valence-electron chi connectivity index (χ3n) is 10.8. The molecule has 6 nitrogen and oxygen atoms in total. The van der Waals surface area contributed by atoms with Crippen LogP contribution in [0.4, 0.5) is 0 Å². The predicted molar refractivity (Wildman–Crippen MR) is 283 cm³/mol. The van der Waals surface area contributed by atoms with Gasteiger partial charge >= 0.3 is 17.9 Å². The molecule has 0 amide bonds. The second kappa shape index (κ2) is 53.4. The van der Waals surface area contributed by atoms with Gasteiger partial charge in [-0.2, -0.15) is 0 Å². The zero-order valence-corrected chi connectivity index (χ0v) is 42.4. The van der Waals surface area contributed by atoms with E-state index >= 15 is 0 Å². The first-order chi connectivity index (χ1) is 32.5. The second-order valence-corrected chi connectivity index (χ2v) is 17.2. The van der Waals surface area contributed by atoms with Crippen LogP contribution in [-0.2, 0) is 28.6 Å². The van der Waals surface area contributed by atoms with E-state index in [1.54, 1.807) is 0 Å². The van der Waals surface area contributed by atoms with Gasteiger partial charge in [0.1, 0.15) is 13.2 Å². The van der Waals surface area contributed by atoms with E-state index in [0.29, 0.717) is 19.3 Å². The maximum Gasteiger partial charge on any atom is 0.306 e. The fourth-order valence-electron chi connectivity index (χ4n) is 6.91. The minimum atomic E-state index is -0.820. The van der Waals surface area contributed by atoms with E-state index in [1.807, 2.05) is 48.6 Å². The van der Waals surface area contributed by atoms with Gasteiger partial charge in [-0.25, -0.2) is 0 Å². The molecule has 0 aliphatic rings. The van der Waals surface area contributed by atoms with Crippen molar-refractivity contribution in [3.8, 4) is 0 Å². The zero-order chi connectivity index (χ0) is 47.9. The van der Waals surface area contributed by atoms with Crippen LogP contribution >= 0.6 is 0 Å². The summed E-state index contributed by atoms with van der Waals surface area (Å²) in [4.78, 5) is 38.0. The molecule has 0 heterocycles. The van der Waals surface area contributed by atoms with Gasteiger partial charge in [-0.1, -0.05) is 245 Å². The summed E-state index contributed by atoms with van der Waals surface area (Å²) in [5.74, 6) is -1.02. The van der Waals surface area contributed by atoms with Crippen molar-refractivity contribution in [1.82, 2.24) is 0 Å². The number of ether oxygens (including phenoxy) is 3. The van der Waals surface area contributed by atoms with Gasteiger partial charge in [-0.3, -0.25) is 14.4 Å². The fraction of sp³-hybridized carbons (Fsp3) is 0.617. The van der Waals surface area contributed by atoms with Crippen LogP contribution in [0.1, 0.15) is 220 Å². The number of hydrogen-bond acceptors (Lipinski definition) is 6. The van der Waals surface area contributed by atoms with Gasteiger partial charge in [0.2, 0.25) is 0 Å². The van der Waals surface area contributed by atoms with Crippen LogP contribution in [0, 0.1) is 0 Å². The third-order valence-corrected chi connectivity index (χ3v) is 10.8. The summed E-state index contributed by atoms with van der Waals surface area (Å²) in [6, 6.07) is 0. The summed E-state index contributed by atoms with van der Waals surface area (Å²) in [7, 11) is 0. The topological polar surface area (TPSA) is 78.9 Å². The van der Waals surface area contributed by atoms with Crippen LogP contribution in [0.25, 0.3) is 0 Å². The van der Waals surface area contributed by atoms with Crippen molar-refractivity contribution >= 4 is 17.9 Å². The Labute approximate surface area is 405 Å². The quantitative estimate of drug-likeness (QED) is 0.0199. The molecule has 0 aliphatic carbocycles. The first kappa shape index (κ1) is 61.8. The Morgan fingerprint density at radius 2 is 0.682 bits per heavy atom. The molecule has 0 aromatic rings. The van der Waals surface area contributed by atoms with Crippen molar-refractivity contribution in [2.75, 3.05) is 13.2 Å². The summed E-state index contributed by atoms with van der Waals surface area (Å²) in [6.07, 6.45) is 73.3. The molecule has 66 heavy (non-hydrogen) atoms. The van der Waals surface area contributed by atoms with Gasteiger partial charge in [0.15, 0.2) is 6.10 Å². The predicted octanol–water partition coefficient (Wildman–Crippen LogP) is 17.7. The van der Waals surface area contributed by atoms with Crippen LogP contribution in [-0.4, -0.2) is 37.2 Å². The van der Waals surface area contributed by atoms with Crippen LogP contribution in [0.5, 0.6) is 0 Å². The van der Waals surface area contributed by atoms with Crippen molar-refractivity contribution in [2.45, 2.75) is 226 Å². The van der Waals surface area contributed by atoms with Gasteiger partial charge < -0.3 is 14.2 Å². The highest BCUT2D eigenvalue weighted by Gasteiger charge is 2.19. The third kappa shape index (κ3) is 50.8. The molecule has 0 spiro atoms. The Morgan fingerprint density at radius 1 is 0.333 bits per heavy atom. The average Bonchev–Trinajstić information content (AvgIpc) is 3.31. The molecule has 0 fully saturated rings. The minimum Gasteiger partial charge on any atom is -0.462 e. The van der Waals surface area contributed by atoms with Crippen molar-refractivity contribution in [1.29, 1.82) is 0 Å². The summed E-state index contributed by atoms with van der Waals surface area (Å²) < 4.78 is 16.7. The van der Waals surface area contributed by atoms with Gasteiger partial charge in [0.05, 0.1) is 0 Å². The van der Waals surface area contributed by atoms with E-state index in [9.17, 15) is 14.4 Å². The van der Waals surface area contributed by atoms with Gasteiger partial charge in [0.25, 0.3) is 0 Å². The summed E-state index contributed by atoms with van der Waals surface area (Å²) in [5.41, 5.74) is 0. The Bertz CT molecular complexity index is 1420. The Hall–Kier alpha value is -4.19. The fourth-order valence-corrected chi connectivity index (χ4v) is 6.91. The number of esters is 3. The van der Waals surface area contributed by atoms with Crippen LogP contribution in [0.2, 0.25) is 0 Å². The lowest BCUT2D eigenvalue weighted by molar-refractivity contribution is -0.167. The lowest BCUT2D eigenvalue weighted by atomic mass is 10.0. The molecule has 0 aliphatic heterocycles. The SMILES string of the molecule is CC\C=C/C=C\C=C/C=C\C=C/CCCCCC(=O)OCC(COC(=O)CCC/C=C\C/C=C\C/C=C\C/C=C\C/C=C\CC)OC(=O)CCCCCCCCCCCCCCCCCC. The molecule has 6 heteroatoms. The van der Waals surface area contributed by atoms with Crippen molar-refractivity contribution in [2.24, 2.45) is 0 Å². The molecule has 1 atom stereocenters. The standard InChI is InChI=1S/C60H96O6/c1-4-7-10-13-16-19-22-25-28-30-33-35-38-41-44-47-50-53-59(62)65-56-57(55-64-58(61)52-49-46-43-40-37-34-31-27-24-21-18-15-12-9-6-3)66-60(63)54-51-48-45-42-39-36-32-29-26-23-20-17-14-11-8-5-2/h7,9-10,12,15-16,18-19,21,24-25,27-28,31,33-35,37,41,44,57H,4-6,8,11,13-14,17,20,22-23,26,29-30,32,36,38-40,42-43,45-56H2,1-3H3/b10-7-,12-9-,18-15-,19-16-,24-21-,28-25-,31-27-,35-33-,37-34-,44-41-. The van der Waals surface area contributed by atoms with E-state index in [0.717, 1.165) is 89.9 Å². The molecule has 0 saturated carbocycles. The van der Waals surface area contributed by atoms with Crippen molar-refractivity contribution in [3.63, 3.8) is 0 Å². The molecule has 0 N–H and O–H groups in total. The lowest BCUT2D eigenvalue weighted by Gasteiger charge is -2.18. The van der Waals surface area contributed by atoms with Crippen LogP contribution in [0.15, 0.2) is 122 Å². The second-order valence-electron chi connectivity index (χ2n) is 17.2. The largest absolute Gasteiger partial charge is 0.462 e. The van der Waals surface area contributed by atoms with Crippen molar-refractivity contribution < 1.29 is 28.6 Å². The Morgan fingerprint density at radius 3 is 1.15 bits per heavy atom. The smallest absolute Gasteiger partial charge is 0.306 e. The lowest BCUT2D eigenvalue weighted by Crippen LogP contribution is -2.30. The number of unbranched alkanes of at least 4 members (excludes halogenated alkanes) is 19. The van der Waals surface area contributed by atoms with Gasteiger partial charge in [0, 0.05) is 19.3 Å². The monoisotopic (exact) mass is 913 g/mol. The average molecular weight is 913 g/mol. The molecule has 0 bridgehead atoms. The highest BCUT2D eigenvalue weighted by atomic mass is 16.6. The molecule has 0 saturated heterocycles. The summed E-state index contributed by atoms with van der Waals surface area (Å²) >= 11 is 0. The van der Waals surface area contributed by atoms with E-state index < -0.39 is 6.10 Å². The number of hydrogen-bond donors (Lipinski definition) is 0. The van der Waals surface area contributed by atoms with Gasteiger partial charge in [-0.15, -0.1) is 0 Å². The molecule has 0 aromatic carbocycles. The summed E-state index contributed by atoms with van der Waals surface area (Å²) in [6.45, 7) is 6.29. The number of allylic oxidation sites excluding steroid dienone is 20. The maximum absolute atomic E-state index is 12.8. The first-order valence-corrected chi connectivity index (χ1v) is 26.6. The number of carbonyl (C=O) groups is 3. The summed E-state index contributed by atoms with van der Waals surface area (Å²) in [5, 5.41) is 0. The molecule has 0 aromatic heterocycles. The molecule has 0 rings (SSSR count). The highest BCUT2D eigenvalue weighted by Crippen LogP contribution is 2.15. The zero-order valence-electron chi connectivity index (χ0n) is 42.4. The molecular formula is C60H96O6. The first-order valence-electron chi connectivity index (χ1n) is 26.6. The normalized spacial score (nSPS) is 13.1. The molecule has 372 valence electrons. The van der Waals surface area contributed by atoms with Crippen LogP contribution in [0.3, 0.4) is 0 Å².